The Morgan fingerprint density at radius 3 is 2.85 bits per heavy atom. The molecule has 3 nitrogen and oxygen atoms in total. The van der Waals surface area contributed by atoms with Gasteiger partial charge in [0.2, 0.25) is 0 Å². The average molecular weight is 296 g/mol. The summed E-state index contributed by atoms with van der Waals surface area (Å²) in [4.78, 5) is 5.00. The van der Waals surface area contributed by atoms with Crippen molar-refractivity contribution in [3.8, 4) is 0 Å². The SMILES string of the molecule is CCC1CN(C)CCCN1c1cccc(Cl)c1CNC. The van der Waals surface area contributed by atoms with Gasteiger partial charge in [-0.15, -0.1) is 0 Å². The zero-order chi connectivity index (χ0) is 14.5. The second-order valence-corrected chi connectivity index (χ2v) is 6.05. The Balaban J connectivity index is 2.34. The topological polar surface area (TPSA) is 18.5 Å². The van der Waals surface area contributed by atoms with Crippen LogP contribution >= 0.6 is 11.6 Å². The second-order valence-electron chi connectivity index (χ2n) is 5.64. The summed E-state index contributed by atoms with van der Waals surface area (Å²) in [6.07, 6.45) is 2.37. The first-order valence-corrected chi connectivity index (χ1v) is 7.92. The van der Waals surface area contributed by atoms with Crippen LogP contribution in [0.3, 0.4) is 0 Å². The third kappa shape index (κ3) is 3.46. The van der Waals surface area contributed by atoms with Gasteiger partial charge < -0.3 is 15.1 Å². The number of nitrogens with one attached hydrogen (secondary N) is 1. The van der Waals surface area contributed by atoms with Gasteiger partial charge in [-0.25, -0.2) is 0 Å². The Morgan fingerprint density at radius 2 is 2.15 bits per heavy atom. The maximum absolute atomic E-state index is 6.41. The third-order valence-corrected chi connectivity index (χ3v) is 4.48. The number of rotatable bonds is 4. The van der Waals surface area contributed by atoms with Gasteiger partial charge in [0.25, 0.3) is 0 Å². The van der Waals surface area contributed by atoms with Gasteiger partial charge in [-0.05, 0) is 45.6 Å². The van der Waals surface area contributed by atoms with E-state index in [1.807, 2.05) is 13.1 Å². The summed E-state index contributed by atoms with van der Waals surface area (Å²) in [7, 11) is 4.19. The summed E-state index contributed by atoms with van der Waals surface area (Å²) in [5, 5.41) is 4.11. The number of hydrogen-bond donors (Lipinski definition) is 1. The van der Waals surface area contributed by atoms with Gasteiger partial charge in [-0.3, -0.25) is 0 Å². The van der Waals surface area contributed by atoms with Crippen molar-refractivity contribution in [3.05, 3.63) is 28.8 Å². The first kappa shape index (κ1) is 15.6. The number of halogens is 1. The lowest BCUT2D eigenvalue weighted by Gasteiger charge is -2.34. The first-order chi connectivity index (χ1) is 9.67. The van der Waals surface area contributed by atoms with Crippen molar-refractivity contribution in [1.29, 1.82) is 0 Å². The quantitative estimate of drug-likeness (QED) is 0.921. The molecule has 1 aliphatic heterocycles. The van der Waals surface area contributed by atoms with E-state index in [9.17, 15) is 0 Å². The lowest BCUT2D eigenvalue weighted by Crippen LogP contribution is -2.40. The molecule has 1 unspecified atom stereocenters. The highest BCUT2D eigenvalue weighted by Gasteiger charge is 2.24. The predicted octanol–water partition coefficient (Wildman–Crippen LogP) is 2.98. The highest BCUT2D eigenvalue weighted by atomic mass is 35.5. The molecule has 1 aromatic carbocycles. The molecular weight excluding hydrogens is 270 g/mol. The zero-order valence-corrected chi connectivity index (χ0v) is 13.6. The van der Waals surface area contributed by atoms with Crippen LogP contribution in [0.1, 0.15) is 25.3 Å². The summed E-state index contributed by atoms with van der Waals surface area (Å²) in [5.74, 6) is 0. The van der Waals surface area contributed by atoms with Crippen molar-refractivity contribution >= 4 is 17.3 Å². The van der Waals surface area contributed by atoms with Crippen LogP contribution in [0.5, 0.6) is 0 Å². The van der Waals surface area contributed by atoms with Crippen LogP contribution in [-0.4, -0.2) is 44.7 Å². The maximum atomic E-state index is 6.41. The average Bonchev–Trinajstić information content (AvgIpc) is 2.62. The van der Waals surface area contributed by atoms with Crippen molar-refractivity contribution < 1.29 is 0 Å². The van der Waals surface area contributed by atoms with Crippen LogP contribution in [0.4, 0.5) is 5.69 Å². The first-order valence-electron chi connectivity index (χ1n) is 7.54. The van der Waals surface area contributed by atoms with E-state index < -0.39 is 0 Å². The minimum atomic E-state index is 0.566. The Kier molecular flexibility index (Phi) is 5.70. The summed E-state index contributed by atoms with van der Waals surface area (Å²) in [6.45, 7) is 6.51. The number of anilines is 1. The van der Waals surface area contributed by atoms with E-state index in [0.29, 0.717) is 6.04 Å². The molecule has 1 aromatic rings. The largest absolute Gasteiger partial charge is 0.367 e. The number of likely N-dealkylation sites (N-methyl/N-ethyl adjacent to an activating group) is 1. The molecular formula is C16H26ClN3. The summed E-state index contributed by atoms with van der Waals surface area (Å²) >= 11 is 6.41. The molecule has 1 saturated heterocycles. The smallest absolute Gasteiger partial charge is 0.0471 e. The molecule has 0 radical (unpaired) electrons. The van der Waals surface area contributed by atoms with Crippen LogP contribution < -0.4 is 10.2 Å². The van der Waals surface area contributed by atoms with Crippen LogP contribution in [0, 0.1) is 0 Å². The van der Waals surface area contributed by atoms with E-state index in [1.165, 1.54) is 24.2 Å². The van der Waals surface area contributed by atoms with Crippen molar-refractivity contribution in [2.75, 3.05) is 38.6 Å². The van der Waals surface area contributed by atoms with Crippen molar-refractivity contribution in [2.24, 2.45) is 0 Å². The summed E-state index contributed by atoms with van der Waals surface area (Å²) in [6, 6.07) is 6.84. The zero-order valence-electron chi connectivity index (χ0n) is 12.8. The highest BCUT2D eigenvalue weighted by molar-refractivity contribution is 6.31. The summed E-state index contributed by atoms with van der Waals surface area (Å²) < 4.78 is 0. The van der Waals surface area contributed by atoms with Gasteiger partial charge in [-0.1, -0.05) is 24.6 Å². The minimum Gasteiger partial charge on any atom is -0.367 e. The fourth-order valence-corrected chi connectivity index (χ4v) is 3.31. The van der Waals surface area contributed by atoms with E-state index >= 15 is 0 Å². The van der Waals surface area contributed by atoms with Gasteiger partial charge in [-0.2, -0.15) is 0 Å². The third-order valence-electron chi connectivity index (χ3n) is 4.13. The van der Waals surface area contributed by atoms with E-state index in [0.717, 1.165) is 31.1 Å². The molecule has 2 rings (SSSR count). The molecule has 20 heavy (non-hydrogen) atoms. The number of nitrogens with zero attached hydrogens (tertiary/aromatic N) is 2. The van der Waals surface area contributed by atoms with Crippen LogP contribution in [0.15, 0.2) is 18.2 Å². The normalized spacial score (nSPS) is 21.0. The van der Waals surface area contributed by atoms with Gasteiger partial charge in [0.1, 0.15) is 0 Å². The lowest BCUT2D eigenvalue weighted by atomic mass is 10.1. The highest BCUT2D eigenvalue weighted by Crippen LogP contribution is 2.30. The van der Waals surface area contributed by atoms with Crippen LogP contribution in [0.2, 0.25) is 5.02 Å². The Labute approximate surface area is 127 Å². The molecule has 1 fully saturated rings. The van der Waals surface area contributed by atoms with E-state index in [-0.39, 0.29) is 0 Å². The molecule has 0 saturated carbocycles. The van der Waals surface area contributed by atoms with E-state index in [4.69, 9.17) is 11.6 Å². The van der Waals surface area contributed by atoms with E-state index in [2.05, 4.69) is 41.2 Å². The van der Waals surface area contributed by atoms with Crippen molar-refractivity contribution in [2.45, 2.75) is 32.4 Å². The molecule has 0 aliphatic carbocycles. The number of hydrogen-bond acceptors (Lipinski definition) is 3. The molecule has 1 heterocycles. The molecule has 0 aromatic heterocycles. The van der Waals surface area contributed by atoms with Gasteiger partial charge in [0.05, 0.1) is 0 Å². The van der Waals surface area contributed by atoms with Gasteiger partial charge in [0.15, 0.2) is 0 Å². The molecule has 0 amide bonds. The molecule has 4 heteroatoms. The summed E-state index contributed by atoms with van der Waals surface area (Å²) in [5.41, 5.74) is 2.52. The molecule has 1 N–H and O–H groups in total. The molecule has 0 spiro atoms. The van der Waals surface area contributed by atoms with Crippen LogP contribution in [0.25, 0.3) is 0 Å². The van der Waals surface area contributed by atoms with Crippen molar-refractivity contribution in [3.63, 3.8) is 0 Å². The van der Waals surface area contributed by atoms with Gasteiger partial charge >= 0.3 is 0 Å². The van der Waals surface area contributed by atoms with Crippen LogP contribution in [-0.2, 0) is 6.54 Å². The Bertz CT molecular complexity index is 436. The number of benzene rings is 1. The lowest BCUT2D eigenvalue weighted by molar-refractivity contribution is 0.328. The van der Waals surface area contributed by atoms with E-state index in [1.54, 1.807) is 0 Å². The molecule has 0 bridgehead atoms. The standard InChI is InChI=1S/C16H26ClN3/c1-4-13-12-19(3)9-6-10-20(13)16-8-5-7-15(17)14(16)11-18-2/h5,7-8,13,18H,4,6,9-12H2,1-3H3. The Hall–Kier alpha value is -0.770. The predicted molar refractivity (Wildman–Crippen MR) is 87.8 cm³/mol. The minimum absolute atomic E-state index is 0.566. The second kappa shape index (κ2) is 7.30. The molecule has 1 aliphatic rings. The van der Waals surface area contributed by atoms with Crippen molar-refractivity contribution in [1.82, 2.24) is 10.2 Å². The fraction of sp³-hybridized carbons (Fsp3) is 0.625. The molecule has 1 atom stereocenters. The Morgan fingerprint density at radius 1 is 1.35 bits per heavy atom. The monoisotopic (exact) mass is 295 g/mol. The fourth-order valence-electron chi connectivity index (χ4n) is 3.08. The molecule has 112 valence electrons. The van der Waals surface area contributed by atoms with Gasteiger partial charge in [0, 0.05) is 41.9 Å². The maximum Gasteiger partial charge on any atom is 0.0471 e.